The molecule has 0 unspecified atom stereocenters. The first-order valence-corrected chi connectivity index (χ1v) is 5.76. The molecule has 0 bridgehead atoms. The van der Waals surface area contributed by atoms with Crippen LogP contribution < -0.4 is 0 Å². The van der Waals surface area contributed by atoms with E-state index in [2.05, 4.69) is 20.7 Å². The third-order valence-electron chi connectivity index (χ3n) is 2.26. The van der Waals surface area contributed by atoms with E-state index in [-0.39, 0.29) is 16.5 Å². The van der Waals surface area contributed by atoms with Crippen LogP contribution in [0.2, 0.25) is 0 Å². The van der Waals surface area contributed by atoms with Crippen molar-refractivity contribution >= 4 is 21.9 Å². The lowest BCUT2D eigenvalue weighted by Gasteiger charge is -2.15. The number of hydrogen-bond donors (Lipinski definition) is 0. The van der Waals surface area contributed by atoms with E-state index in [0.29, 0.717) is 6.07 Å². The van der Waals surface area contributed by atoms with Gasteiger partial charge in [0.2, 0.25) is 0 Å². The van der Waals surface area contributed by atoms with Crippen molar-refractivity contribution in [3.8, 4) is 6.07 Å². The monoisotopic (exact) mass is 321 g/mol. The number of nitrogens with zero attached hydrogens (tertiary/aromatic N) is 1. The number of ether oxygens (including phenoxy) is 1. The fraction of sp³-hybridized carbons (Fsp3) is 0.273. The topological polar surface area (TPSA) is 50.1 Å². The third-order valence-corrected chi connectivity index (χ3v) is 2.82. The highest BCUT2D eigenvalue weighted by atomic mass is 79.9. The number of carbonyl (C=O) groups excluding carboxylic acids is 1. The molecular weight excluding hydrogens is 315 g/mol. The minimum atomic E-state index is -4.69. The third kappa shape index (κ3) is 2.64. The van der Waals surface area contributed by atoms with Gasteiger partial charge in [-0.3, -0.25) is 0 Å². The first-order valence-electron chi connectivity index (χ1n) is 4.64. The number of benzene rings is 1. The number of rotatable bonds is 2. The summed E-state index contributed by atoms with van der Waals surface area (Å²) >= 11 is 2.97. The number of carbonyl (C=O) groups is 1. The maximum Gasteiger partial charge on any atom is 0.417 e. The minimum Gasteiger partial charge on any atom is -0.465 e. The van der Waals surface area contributed by atoms with Gasteiger partial charge in [0.05, 0.1) is 29.9 Å². The zero-order chi connectivity index (χ0) is 13.9. The molecule has 0 N–H and O–H groups in total. The Labute approximate surface area is 109 Å². The van der Waals surface area contributed by atoms with Crippen molar-refractivity contribution in [1.82, 2.24) is 0 Å². The Hall–Kier alpha value is -1.55. The number of esters is 1. The van der Waals surface area contributed by atoms with Crippen molar-refractivity contribution in [3.05, 3.63) is 34.4 Å². The first kappa shape index (κ1) is 14.5. The average molecular weight is 322 g/mol. The van der Waals surface area contributed by atoms with Crippen molar-refractivity contribution in [2.24, 2.45) is 0 Å². The van der Waals surface area contributed by atoms with Crippen LogP contribution in [0.1, 0.15) is 27.0 Å². The Morgan fingerprint density at radius 3 is 2.50 bits per heavy atom. The molecular formula is C11H7BrF3NO2. The predicted molar refractivity (Wildman–Crippen MR) is 60.1 cm³/mol. The molecule has 7 heteroatoms. The summed E-state index contributed by atoms with van der Waals surface area (Å²) in [6.45, 7) is 0. The lowest BCUT2D eigenvalue weighted by molar-refractivity contribution is -0.138. The molecule has 3 nitrogen and oxygen atoms in total. The van der Waals surface area contributed by atoms with Crippen molar-refractivity contribution in [1.29, 1.82) is 5.26 Å². The molecule has 0 fully saturated rings. The van der Waals surface area contributed by atoms with E-state index >= 15 is 0 Å². The van der Waals surface area contributed by atoms with Gasteiger partial charge >= 0.3 is 12.1 Å². The Bertz CT molecular complexity index is 520. The Kier molecular flexibility index (Phi) is 4.35. The number of hydrogen-bond acceptors (Lipinski definition) is 3. The predicted octanol–water partition coefficient (Wildman–Crippen LogP) is 3.26. The van der Waals surface area contributed by atoms with Gasteiger partial charge in [0.1, 0.15) is 0 Å². The van der Waals surface area contributed by atoms with E-state index in [1.165, 1.54) is 0 Å². The van der Waals surface area contributed by atoms with Crippen LogP contribution in [0.4, 0.5) is 13.2 Å². The molecule has 0 radical (unpaired) electrons. The Morgan fingerprint density at radius 1 is 1.50 bits per heavy atom. The molecule has 96 valence electrons. The zero-order valence-electron chi connectivity index (χ0n) is 9.14. The lowest BCUT2D eigenvalue weighted by Crippen LogP contribution is -2.17. The van der Waals surface area contributed by atoms with E-state index in [1.54, 1.807) is 6.07 Å². The van der Waals surface area contributed by atoms with Crippen LogP contribution in [-0.2, 0) is 16.2 Å². The SMILES string of the molecule is COC(=O)c1c(C(F)(F)F)ccc(C#N)c1CBr. The molecule has 0 aliphatic heterocycles. The van der Waals surface area contributed by atoms with Gasteiger partial charge in [-0.15, -0.1) is 0 Å². The van der Waals surface area contributed by atoms with Gasteiger partial charge in [-0.25, -0.2) is 4.79 Å². The van der Waals surface area contributed by atoms with Gasteiger partial charge in [0.25, 0.3) is 0 Å². The van der Waals surface area contributed by atoms with Crippen LogP contribution in [0.3, 0.4) is 0 Å². The summed E-state index contributed by atoms with van der Waals surface area (Å²) in [6, 6.07) is 3.48. The number of alkyl halides is 4. The van der Waals surface area contributed by atoms with E-state index in [4.69, 9.17) is 5.26 Å². The molecule has 0 atom stereocenters. The van der Waals surface area contributed by atoms with Crippen LogP contribution >= 0.6 is 15.9 Å². The molecule has 0 saturated carbocycles. The normalized spacial score (nSPS) is 10.9. The summed E-state index contributed by atoms with van der Waals surface area (Å²) in [5, 5.41) is 8.77. The molecule has 0 aliphatic rings. The second-order valence-corrected chi connectivity index (χ2v) is 3.81. The van der Waals surface area contributed by atoms with Gasteiger partial charge < -0.3 is 4.74 Å². The average Bonchev–Trinajstić information content (AvgIpc) is 2.34. The molecule has 1 rings (SSSR count). The van der Waals surface area contributed by atoms with E-state index < -0.39 is 23.3 Å². The molecule has 1 aromatic rings. The number of halogens is 4. The number of nitriles is 1. The van der Waals surface area contributed by atoms with Crippen LogP contribution in [0.25, 0.3) is 0 Å². The fourth-order valence-electron chi connectivity index (χ4n) is 1.46. The summed E-state index contributed by atoms with van der Waals surface area (Å²) in [5.41, 5.74) is -1.76. The van der Waals surface area contributed by atoms with Crippen molar-refractivity contribution in [2.75, 3.05) is 7.11 Å². The molecule has 0 spiro atoms. The maximum atomic E-state index is 12.8. The van der Waals surface area contributed by atoms with Crippen LogP contribution in [0.15, 0.2) is 12.1 Å². The Morgan fingerprint density at radius 2 is 2.11 bits per heavy atom. The summed E-state index contributed by atoms with van der Waals surface area (Å²) in [7, 11) is 0.986. The van der Waals surface area contributed by atoms with Crippen LogP contribution in [0, 0.1) is 11.3 Å². The second kappa shape index (κ2) is 5.40. The fourth-order valence-corrected chi connectivity index (χ4v) is 2.05. The van der Waals surface area contributed by atoms with Gasteiger partial charge in [0.15, 0.2) is 0 Å². The summed E-state index contributed by atoms with van der Waals surface area (Å²) in [4.78, 5) is 11.5. The van der Waals surface area contributed by atoms with E-state index in [1.807, 2.05) is 0 Å². The summed E-state index contributed by atoms with van der Waals surface area (Å²) in [5.74, 6) is -1.12. The molecule has 18 heavy (non-hydrogen) atoms. The molecule has 0 heterocycles. The molecule has 1 aromatic carbocycles. The van der Waals surface area contributed by atoms with Gasteiger partial charge in [-0.05, 0) is 17.7 Å². The van der Waals surface area contributed by atoms with Crippen LogP contribution in [-0.4, -0.2) is 13.1 Å². The first-order chi connectivity index (χ1) is 8.36. The van der Waals surface area contributed by atoms with Crippen molar-refractivity contribution in [3.63, 3.8) is 0 Å². The van der Waals surface area contributed by atoms with Gasteiger partial charge in [-0.2, -0.15) is 18.4 Å². The van der Waals surface area contributed by atoms with Crippen molar-refractivity contribution < 1.29 is 22.7 Å². The van der Waals surface area contributed by atoms with E-state index in [0.717, 1.165) is 13.2 Å². The van der Waals surface area contributed by atoms with Crippen LogP contribution in [0.5, 0.6) is 0 Å². The highest BCUT2D eigenvalue weighted by Crippen LogP contribution is 2.35. The van der Waals surface area contributed by atoms with E-state index in [9.17, 15) is 18.0 Å². The lowest BCUT2D eigenvalue weighted by atomic mass is 9.97. The number of methoxy groups -OCH3 is 1. The highest BCUT2D eigenvalue weighted by molar-refractivity contribution is 9.08. The smallest absolute Gasteiger partial charge is 0.417 e. The molecule has 0 aliphatic carbocycles. The minimum absolute atomic E-state index is 0.000255. The second-order valence-electron chi connectivity index (χ2n) is 3.25. The standard InChI is InChI=1S/C11H7BrF3NO2/c1-18-10(17)9-7(4-12)6(5-16)2-3-8(9)11(13,14)15/h2-3H,4H2,1H3. The van der Waals surface area contributed by atoms with Gasteiger partial charge in [0, 0.05) is 5.33 Å². The molecule has 0 aromatic heterocycles. The zero-order valence-corrected chi connectivity index (χ0v) is 10.7. The largest absolute Gasteiger partial charge is 0.465 e. The van der Waals surface area contributed by atoms with Gasteiger partial charge in [-0.1, -0.05) is 15.9 Å². The maximum absolute atomic E-state index is 12.8. The molecule has 0 saturated heterocycles. The quantitative estimate of drug-likeness (QED) is 0.620. The molecule has 0 amide bonds. The van der Waals surface area contributed by atoms with Crippen molar-refractivity contribution in [2.45, 2.75) is 11.5 Å². The highest BCUT2D eigenvalue weighted by Gasteiger charge is 2.37. The summed E-state index contributed by atoms with van der Waals surface area (Å²) < 4.78 is 42.7. The summed E-state index contributed by atoms with van der Waals surface area (Å²) in [6.07, 6.45) is -4.69. The Balaban J connectivity index is 3.66.